The van der Waals surface area contributed by atoms with Gasteiger partial charge in [0.25, 0.3) is 5.23 Å². The highest BCUT2D eigenvalue weighted by atomic mass is 32.2. The minimum atomic E-state index is -0.353. The molecule has 5 rings (SSSR count). The third kappa shape index (κ3) is 3.09. The molecule has 2 aromatic carbocycles. The minimum Gasteiger partial charge on any atom is -0.454 e. The topological polar surface area (TPSA) is 76.8 Å². The molecular formula is C20H18N4O3S. The molecule has 1 unspecified atom stereocenters. The van der Waals surface area contributed by atoms with E-state index in [9.17, 15) is 0 Å². The second-order valence-corrected chi connectivity index (χ2v) is 7.45. The van der Waals surface area contributed by atoms with E-state index in [2.05, 4.69) is 22.4 Å². The summed E-state index contributed by atoms with van der Waals surface area (Å²) in [6.45, 7) is 2.35. The van der Waals surface area contributed by atoms with Crippen molar-refractivity contribution in [3.8, 4) is 11.5 Å². The first-order valence-corrected chi connectivity index (χ1v) is 10.1. The van der Waals surface area contributed by atoms with Crippen molar-refractivity contribution < 1.29 is 14.2 Å². The van der Waals surface area contributed by atoms with Crippen molar-refractivity contribution in [2.45, 2.75) is 19.5 Å². The van der Waals surface area contributed by atoms with Crippen molar-refractivity contribution in [2.75, 3.05) is 17.9 Å². The number of hydrogen-bond donors (Lipinski definition) is 1. The van der Waals surface area contributed by atoms with Crippen LogP contribution in [-0.4, -0.2) is 29.4 Å². The van der Waals surface area contributed by atoms with Crippen LogP contribution in [0, 0.1) is 0 Å². The lowest BCUT2D eigenvalue weighted by Gasteiger charge is -2.16. The zero-order valence-electron chi connectivity index (χ0n) is 15.2. The number of anilines is 1. The molecule has 0 amide bonds. The van der Waals surface area contributed by atoms with Crippen LogP contribution in [0.25, 0.3) is 0 Å². The Bertz CT molecular complexity index is 1020. The fourth-order valence-electron chi connectivity index (χ4n) is 3.14. The SMILES string of the molecule is CCCSC1=NN=C2C(=NC(c3ccc4c(c3)OCO4)Nc3ccccc32)O1. The van der Waals surface area contributed by atoms with Gasteiger partial charge in [0.05, 0.1) is 0 Å². The lowest BCUT2D eigenvalue weighted by atomic mass is 10.1. The molecule has 0 saturated heterocycles. The van der Waals surface area contributed by atoms with E-state index in [1.807, 2.05) is 42.5 Å². The van der Waals surface area contributed by atoms with Crippen LogP contribution in [0.15, 0.2) is 57.7 Å². The van der Waals surface area contributed by atoms with Gasteiger partial charge < -0.3 is 19.5 Å². The normalized spacial score (nSPS) is 19.2. The monoisotopic (exact) mass is 394 g/mol. The summed E-state index contributed by atoms with van der Waals surface area (Å²) in [4.78, 5) is 4.83. The van der Waals surface area contributed by atoms with Gasteiger partial charge in [-0.25, -0.2) is 4.99 Å². The maximum absolute atomic E-state index is 6.01. The number of benzene rings is 2. The van der Waals surface area contributed by atoms with Crippen LogP contribution in [0.4, 0.5) is 5.69 Å². The summed E-state index contributed by atoms with van der Waals surface area (Å²) in [5.74, 6) is 2.84. The largest absolute Gasteiger partial charge is 0.454 e. The van der Waals surface area contributed by atoms with Crippen molar-refractivity contribution in [1.29, 1.82) is 0 Å². The van der Waals surface area contributed by atoms with E-state index >= 15 is 0 Å². The van der Waals surface area contributed by atoms with E-state index in [1.54, 1.807) is 0 Å². The Balaban J connectivity index is 1.56. The molecule has 0 fully saturated rings. The molecule has 28 heavy (non-hydrogen) atoms. The van der Waals surface area contributed by atoms with Gasteiger partial charge in [0.2, 0.25) is 12.7 Å². The van der Waals surface area contributed by atoms with E-state index in [0.29, 0.717) is 16.8 Å². The predicted molar refractivity (Wildman–Crippen MR) is 111 cm³/mol. The molecule has 3 heterocycles. The Morgan fingerprint density at radius 3 is 2.93 bits per heavy atom. The van der Waals surface area contributed by atoms with Gasteiger partial charge in [0.1, 0.15) is 6.17 Å². The Morgan fingerprint density at radius 2 is 2.00 bits per heavy atom. The van der Waals surface area contributed by atoms with Crippen LogP contribution < -0.4 is 14.8 Å². The lowest BCUT2D eigenvalue weighted by molar-refractivity contribution is 0.174. The summed E-state index contributed by atoms with van der Waals surface area (Å²) in [5, 5.41) is 12.7. The second-order valence-electron chi connectivity index (χ2n) is 6.40. The Morgan fingerprint density at radius 1 is 1.11 bits per heavy atom. The molecule has 0 bridgehead atoms. The highest BCUT2D eigenvalue weighted by molar-refractivity contribution is 8.13. The van der Waals surface area contributed by atoms with Gasteiger partial charge in [0, 0.05) is 22.6 Å². The fourth-order valence-corrected chi connectivity index (χ4v) is 3.76. The molecule has 7 nitrogen and oxygen atoms in total. The van der Waals surface area contributed by atoms with Crippen LogP contribution in [-0.2, 0) is 4.74 Å². The maximum atomic E-state index is 6.01. The van der Waals surface area contributed by atoms with E-state index in [4.69, 9.17) is 19.2 Å². The first-order valence-electron chi connectivity index (χ1n) is 9.12. The number of nitrogens with zero attached hydrogens (tertiary/aromatic N) is 3. The maximum Gasteiger partial charge on any atom is 0.276 e. The fraction of sp³-hybridized carbons (Fsp3) is 0.250. The van der Waals surface area contributed by atoms with E-state index in [1.165, 1.54) is 11.8 Å². The number of hydrogen-bond acceptors (Lipinski definition) is 8. The number of rotatable bonds is 3. The molecule has 2 aromatic rings. The summed E-state index contributed by atoms with van der Waals surface area (Å²) < 4.78 is 17.0. The molecule has 0 aromatic heterocycles. The Kier molecular flexibility index (Phi) is 4.40. The number of nitrogens with one attached hydrogen (secondary N) is 1. The van der Waals surface area contributed by atoms with Crippen LogP contribution in [0.3, 0.4) is 0 Å². The number of para-hydroxylation sites is 1. The molecule has 1 N–H and O–H groups in total. The summed E-state index contributed by atoms with van der Waals surface area (Å²) >= 11 is 1.54. The average Bonchev–Trinajstić information content (AvgIpc) is 3.13. The molecule has 3 aliphatic rings. The van der Waals surface area contributed by atoms with E-state index in [0.717, 1.165) is 40.5 Å². The van der Waals surface area contributed by atoms with Gasteiger partial charge in [-0.2, -0.15) is 0 Å². The second kappa shape index (κ2) is 7.20. The van der Waals surface area contributed by atoms with E-state index in [-0.39, 0.29) is 13.0 Å². The van der Waals surface area contributed by atoms with Crippen molar-refractivity contribution in [3.05, 3.63) is 53.6 Å². The predicted octanol–water partition coefficient (Wildman–Crippen LogP) is 4.17. The zero-order chi connectivity index (χ0) is 18.9. The quantitative estimate of drug-likeness (QED) is 0.845. The first-order chi connectivity index (χ1) is 13.8. The van der Waals surface area contributed by atoms with E-state index < -0.39 is 0 Å². The summed E-state index contributed by atoms with van der Waals surface area (Å²) in [5.41, 5.74) is 3.41. The van der Waals surface area contributed by atoms with Crippen molar-refractivity contribution in [2.24, 2.45) is 15.2 Å². The number of ether oxygens (including phenoxy) is 3. The Hall–Kier alpha value is -3.00. The number of aliphatic imine (C=N–C) groups is 1. The minimum absolute atomic E-state index is 0.239. The molecule has 142 valence electrons. The van der Waals surface area contributed by atoms with Gasteiger partial charge >= 0.3 is 0 Å². The molecule has 0 radical (unpaired) electrons. The first kappa shape index (κ1) is 17.1. The van der Waals surface area contributed by atoms with Gasteiger partial charge in [-0.1, -0.05) is 43.0 Å². The molecule has 8 heteroatoms. The smallest absolute Gasteiger partial charge is 0.276 e. The van der Waals surface area contributed by atoms with Crippen molar-refractivity contribution >= 4 is 34.3 Å². The highest BCUT2D eigenvalue weighted by Gasteiger charge is 2.29. The molecule has 3 aliphatic heterocycles. The molecule has 0 aliphatic carbocycles. The molecular weight excluding hydrogens is 376 g/mol. The standard InChI is InChI=1S/C20H18N4O3S/c1-2-9-28-20-24-23-17-13-5-3-4-6-14(13)21-18(22-19(17)27-20)12-7-8-15-16(10-12)26-11-25-15/h3-8,10,18,21H,2,9,11H2,1H3. The highest BCUT2D eigenvalue weighted by Crippen LogP contribution is 2.37. The summed E-state index contributed by atoms with van der Waals surface area (Å²) in [6, 6.07) is 13.7. The van der Waals surface area contributed by atoms with Gasteiger partial charge in [0.15, 0.2) is 17.2 Å². The van der Waals surface area contributed by atoms with Crippen LogP contribution >= 0.6 is 11.8 Å². The number of thioether (sulfide) groups is 1. The van der Waals surface area contributed by atoms with Crippen LogP contribution in [0.2, 0.25) is 0 Å². The van der Waals surface area contributed by atoms with Gasteiger partial charge in [-0.15, -0.1) is 10.2 Å². The zero-order valence-corrected chi connectivity index (χ0v) is 16.0. The average molecular weight is 394 g/mol. The molecule has 0 saturated carbocycles. The summed E-state index contributed by atoms with van der Waals surface area (Å²) in [6.07, 6.45) is 0.675. The third-order valence-electron chi connectivity index (χ3n) is 4.48. The Labute approximate surface area is 166 Å². The van der Waals surface area contributed by atoms with Crippen LogP contribution in [0.1, 0.15) is 30.6 Å². The summed E-state index contributed by atoms with van der Waals surface area (Å²) in [7, 11) is 0. The van der Waals surface area contributed by atoms with Gasteiger partial charge in [-0.05, 0) is 24.6 Å². The third-order valence-corrected chi connectivity index (χ3v) is 5.51. The number of fused-ring (bicyclic) bond motifs is 4. The lowest BCUT2D eigenvalue weighted by Crippen LogP contribution is -2.24. The van der Waals surface area contributed by atoms with Crippen molar-refractivity contribution in [1.82, 2.24) is 0 Å². The van der Waals surface area contributed by atoms with Crippen LogP contribution in [0.5, 0.6) is 11.5 Å². The molecule has 0 spiro atoms. The molecule has 1 atom stereocenters. The van der Waals surface area contributed by atoms with Gasteiger partial charge in [-0.3, -0.25) is 0 Å². The van der Waals surface area contributed by atoms with Crippen molar-refractivity contribution in [3.63, 3.8) is 0 Å².